The Morgan fingerprint density at radius 2 is 1.75 bits per heavy atom. The number of halogens is 2. The van der Waals surface area contributed by atoms with Gasteiger partial charge in [-0.2, -0.15) is 13.9 Å². The summed E-state index contributed by atoms with van der Waals surface area (Å²) in [5.41, 5.74) is 2.54. The lowest BCUT2D eigenvalue weighted by molar-refractivity contribution is -0.0498. The number of hydrogen-bond donors (Lipinski definition) is 0. The Morgan fingerprint density at radius 3 is 2.36 bits per heavy atom. The van der Waals surface area contributed by atoms with Crippen molar-refractivity contribution in [3.8, 4) is 22.8 Å². The highest BCUT2D eigenvalue weighted by atomic mass is 32.1. The highest BCUT2D eigenvalue weighted by molar-refractivity contribution is 7.07. The Kier molecular flexibility index (Phi) is 6.54. The van der Waals surface area contributed by atoms with E-state index in [4.69, 9.17) is 4.74 Å². The van der Waals surface area contributed by atoms with Crippen molar-refractivity contribution in [1.82, 2.24) is 4.68 Å². The molecule has 0 radical (unpaired) electrons. The maximum absolute atomic E-state index is 12.3. The lowest BCUT2D eigenvalue weighted by atomic mass is 10.2. The van der Waals surface area contributed by atoms with E-state index in [1.54, 1.807) is 30.1 Å². The number of benzene rings is 2. The van der Waals surface area contributed by atoms with Crippen molar-refractivity contribution in [2.75, 3.05) is 13.7 Å². The molecule has 0 aliphatic rings. The van der Waals surface area contributed by atoms with E-state index in [-0.39, 0.29) is 5.75 Å². The van der Waals surface area contributed by atoms with Crippen LogP contribution in [0, 0.1) is 0 Å². The summed E-state index contributed by atoms with van der Waals surface area (Å²) in [5, 5.41) is 6.51. The molecule has 146 valence electrons. The van der Waals surface area contributed by atoms with Crippen LogP contribution < -0.4 is 14.3 Å². The first-order valence-corrected chi connectivity index (χ1v) is 9.43. The topological polar surface area (TPSA) is 48.1 Å². The van der Waals surface area contributed by atoms with Gasteiger partial charge in [0.05, 0.1) is 19.0 Å². The van der Waals surface area contributed by atoms with Gasteiger partial charge in [-0.1, -0.05) is 0 Å². The number of hydrogen-bond acceptors (Lipinski definition) is 5. The zero-order valence-electron chi connectivity index (χ0n) is 15.4. The predicted octanol–water partition coefficient (Wildman–Crippen LogP) is 4.63. The molecule has 0 spiro atoms. The van der Waals surface area contributed by atoms with Crippen LogP contribution in [0.25, 0.3) is 11.3 Å². The highest BCUT2D eigenvalue weighted by Gasteiger charge is 2.09. The van der Waals surface area contributed by atoms with Gasteiger partial charge in [-0.25, -0.2) is 4.68 Å². The molecule has 2 aromatic carbocycles. The molecule has 0 bridgehead atoms. The Balaban J connectivity index is 1.94. The fourth-order valence-corrected chi connectivity index (χ4v) is 3.38. The molecule has 8 heteroatoms. The number of nitrogens with zero attached hydrogens (tertiary/aromatic N) is 3. The summed E-state index contributed by atoms with van der Waals surface area (Å²) < 4.78 is 36.0. The van der Waals surface area contributed by atoms with Crippen LogP contribution in [-0.4, -0.2) is 31.2 Å². The van der Waals surface area contributed by atoms with Crippen LogP contribution in [0.5, 0.6) is 11.5 Å². The molecular weight excluding hydrogens is 384 g/mol. The summed E-state index contributed by atoms with van der Waals surface area (Å²) in [6.07, 6.45) is 1.73. The molecule has 28 heavy (non-hydrogen) atoms. The fraction of sp³-hybridized carbons (Fsp3) is 0.200. The van der Waals surface area contributed by atoms with E-state index >= 15 is 0 Å². The minimum Gasteiger partial charge on any atom is -0.497 e. The Morgan fingerprint density at radius 1 is 1.07 bits per heavy atom. The summed E-state index contributed by atoms with van der Waals surface area (Å²) in [6, 6.07) is 14.0. The van der Waals surface area contributed by atoms with Gasteiger partial charge in [-0.05, 0) is 61.0 Å². The molecular formula is C20H19F2N3O2S. The molecule has 0 unspecified atom stereocenters. The number of thiazole rings is 1. The predicted molar refractivity (Wildman–Crippen MR) is 106 cm³/mol. The normalized spacial score (nSPS) is 12.1. The van der Waals surface area contributed by atoms with Crippen molar-refractivity contribution >= 4 is 17.6 Å². The van der Waals surface area contributed by atoms with Gasteiger partial charge in [0, 0.05) is 17.5 Å². The van der Waals surface area contributed by atoms with Crippen molar-refractivity contribution in [2.45, 2.75) is 13.5 Å². The van der Waals surface area contributed by atoms with E-state index in [9.17, 15) is 8.78 Å². The maximum atomic E-state index is 12.3. The van der Waals surface area contributed by atoms with Gasteiger partial charge in [0.25, 0.3) is 0 Å². The van der Waals surface area contributed by atoms with Gasteiger partial charge >= 0.3 is 6.61 Å². The van der Waals surface area contributed by atoms with Crippen LogP contribution in [-0.2, 0) is 0 Å². The van der Waals surface area contributed by atoms with Crippen LogP contribution in [0.4, 0.5) is 8.78 Å². The smallest absolute Gasteiger partial charge is 0.387 e. The van der Waals surface area contributed by atoms with Gasteiger partial charge in [-0.15, -0.1) is 11.3 Å². The second-order valence-corrected chi connectivity index (χ2v) is 6.45. The van der Waals surface area contributed by atoms with Crippen molar-refractivity contribution in [3.05, 3.63) is 64.3 Å². The average Bonchev–Trinajstić information content (AvgIpc) is 3.10. The Labute approximate surface area is 165 Å². The summed E-state index contributed by atoms with van der Waals surface area (Å²) in [7, 11) is 1.62. The molecule has 0 atom stereocenters. The quantitative estimate of drug-likeness (QED) is 0.540. The minimum atomic E-state index is -2.85. The third kappa shape index (κ3) is 4.83. The molecule has 0 saturated heterocycles. The third-order valence-corrected chi connectivity index (χ3v) is 4.65. The summed E-state index contributed by atoms with van der Waals surface area (Å²) in [6.45, 7) is -0.270. The van der Waals surface area contributed by atoms with E-state index in [1.165, 1.54) is 23.5 Å². The molecule has 5 nitrogen and oxygen atoms in total. The van der Waals surface area contributed by atoms with Crippen LogP contribution in [0.15, 0.2) is 64.0 Å². The Bertz CT molecular complexity index is 994. The number of aromatic nitrogens is 1. The number of rotatable bonds is 7. The van der Waals surface area contributed by atoms with E-state index in [0.29, 0.717) is 6.54 Å². The third-order valence-electron chi connectivity index (χ3n) is 3.79. The summed E-state index contributed by atoms with van der Waals surface area (Å²) in [5.74, 6) is 0.884. The van der Waals surface area contributed by atoms with Crippen molar-refractivity contribution in [1.29, 1.82) is 0 Å². The lowest BCUT2D eigenvalue weighted by Gasteiger charge is -2.07. The molecule has 3 aromatic rings. The van der Waals surface area contributed by atoms with Crippen molar-refractivity contribution in [3.63, 3.8) is 0 Å². The number of alkyl halides is 2. The molecule has 0 saturated carbocycles. The van der Waals surface area contributed by atoms with Crippen LogP contribution in [0.1, 0.15) is 12.5 Å². The largest absolute Gasteiger partial charge is 0.497 e. The molecule has 0 amide bonds. The first-order valence-electron chi connectivity index (χ1n) is 8.55. The molecule has 1 aromatic heterocycles. The molecule has 3 rings (SSSR count). The van der Waals surface area contributed by atoms with Gasteiger partial charge in [0.1, 0.15) is 11.5 Å². The number of methoxy groups -OCH3 is 1. The van der Waals surface area contributed by atoms with Gasteiger partial charge < -0.3 is 9.47 Å². The lowest BCUT2D eigenvalue weighted by Crippen LogP contribution is -2.12. The van der Waals surface area contributed by atoms with E-state index in [1.807, 2.05) is 36.6 Å². The summed E-state index contributed by atoms with van der Waals surface area (Å²) >= 11 is 1.46. The van der Waals surface area contributed by atoms with Crippen molar-refractivity contribution in [2.24, 2.45) is 10.1 Å². The average molecular weight is 403 g/mol. The number of ether oxygens (including phenoxy) is 2. The highest BCUT2D eigenvalue weighted by Crippen LogP contribution is 2.24. The molecule has 0 N–H and O–H groups in total. The molecule has 0 aliphatic carbocycles. The van der Waals surface area contributed by atoms with Crippen LogP contribution >= 0.6 is 11.3 Å². The zero-order valence-corrected chi connectivity index (χ0v) is 16.2. The monoisotopic (exact) mass is 403 g/mol. The second-order valence-electron chi connectivity index (χ2n) is 5.61. The minimum absolute atomic E-state index is 0.112. The van der Waals surface area contributed by atoms with Crippen LogP contribution in [0.2, 0.25) is 0 Å². The van der Waals surface area contributed by atoms with Gasteiger partial charge in [-0.3, -0.25) is 4.99 Å². The second kappa shape index (κ2) is 9.27. The van der Waals surface area contributed by atoms with Gasteiger partial charge in [0.15, 0.2) is 0 Å². The van der Waals surface area contributed by atoms with Crippen molar-refractivity contribution < 1.29 is 18.3 Å². The molecule has 0 aliphatic heterocycles. The maximum Gasteiger partial charge on any atom is 0.387 e. The first-order chi connectivity index (χ1) is 13.6. The zero-order chi connectivity index (χ0) is 19.9. The molecule has 1 heterocycles. The molecule has 0 fully saturated rings. The van der Waals surface area contributed by atoms with E-state index < -0.39 is 6.61 Å². The SMILES string of the molecule is CCN=c1scc(-c2ccc(OC(F)F)cc2)n1/N=C\c1ccc(OC)cc1. The van der Waals surface area contributed by atoms with Gasteiger partial charge in [0.2, 0.25) is 4.80 Å². The Hall–Kier alpha value is -3.00. The van der Waals surface area contributed by atoms with Crippen LogP contribution in [0.3, 0.4) is 0 Å². The van der Waals surface area contributed by atoms with E-state index in [2.05, 4.69) is 14.8 Å². The first kappa shape index (κ1) is 19.8. The fourth-order valence-electron chi connectivity index (χ4n) is 2.47. The standard InChI is InChI=1S/C20H19F2N3O2S/c1-3-23-20-25(24-12-14-4-8-16(26-2)9-5-14)18(13-28-20)15-6-10-17(11-7-15)27-19(21)22/h4-13,19H,3H2,1-2H3/b23-20?,24-12-. The van der Waals surface area contributed by atoms with E-state index in [0.717, 1.165) is 27.4 Å². The summed E-state index contributed by atoms with van der Waals surface area (Å²) in [4.78, 5) is 5.22.